The van der Waals surface area contributed by atoms with Crippen LogP contribution < -0.4 is 0 Å². The molecule has 5 heteroatoms. The lowest BCUT2D eigenvalue weighted by molar-refractivity contribution is -0.249. The second-order valence-corrected chi connectivity index (χ2v) is 15.1. The molecule has 0 aromatic carbocycles. The normalized spacial score (nSPS) is 53.8. The molecule has 5 saturated carbocycles. The number of carboxylic acids is 1. The first-order valence-electron chi connectivity index (χ1n) is 14.6. The van der Waals surface area contributed by atoms with Crippen molar-refractivity contribution in [2.75, 3.05) is 0 Å². The fourth-order valence-corrected chi connectivity index (χ4v) is 11.6. The van der Waals surface area contributed by atoms with Gasteiger partial charge in [-0.25, -0.2) is 0 Å². The summed E-state index contributed by atoms with van der Waals surface area (Å²) in [4.78, 5) is 38.5. The number of rotatable bonds is 3. The van der Waals surface area contributed by atoms with Crippen LogP contribution in [0.25, 0.3) is 0 Å². The lowest BCUT2D eigenvalue weighted by atomic mass is 9.31. The van der Waals surface area contributed by atoms with Gasteiger partial charge in [0.2, 0.25) is 0 Å². The summed E-state index contributed by atoms with van der Waals surface area (Å²) in [7, 11) is 0. The van der Waals surface area contributed by atoms with Gasteiger partial charge in [0, 0.05) is 17.8 Å². The highest BCUT2D eigenvalue weighted by molar-refractivity contribution is 5.86. The maximum absolute atomic E-state index is 14.4. The highest BCUT2D eigenvalue weighted by Gasteiger charge is 2.73. The van der Waals surface area contributed by atoms with Crippen molar-refractivity contribution < 1.29 is 24.2 Å². The van der Waals surface area contributed by atoms with Crippen LogP contribution >= 0.6 is 0 Å². The largest absolute Gasteiger partial charge is 0.481 e. The van der Waals surface area contributed by atoms with E-state index in [1.807, 2.05) is 0 Å². The molecule has 5 aliphatic rings. The van der Waals surface area contributed by atoms with Crippen LogP contribution in [0.15, 0.2) is 0 Å². The van der Waals surface area contributed by atoms with Gasteiger partial charge in [0.25, 0.3) is 6.47 Å². The molecule has 202 valence electrons. The van der Waals surface area contributed by atoms with Crippen LogP contribution in [0.3, 0.4) is 0 Å². The second-order valence-electron chi connectivity index (χ2n) is 15.1. The summed E-state index contributed by atoms with van der Waals surface area (Å²) in [5.41, 5.74) is -1.06. The summed E-state index contributed by atoms with van der Waals surface area (Å²) in [5, 5.41) is 10.6. The van der Waals surface area contributed by atoms with Crippen molar-refractivity contribution in [2.45, 2.75) is 112 Å². The zero-order valence-electron chi connectivity index (χ0n) is 23.6. The standard InChI is InChI=1S/C31H48O5/c1-18-8-13-31(26(34)35)15-14-30(7)25(24(31)19(18)2)20(33)16-22-28(5)11-10-23(36-17-32)27(3,4)21(28)9-12-29(22,30)6/h17-19,21-25H,8-16H2,1-7H3,(H,34,35)/t18-,19+,21+,22-,23+,24+,25+,28+,29-,30-,31+/m1/s1. The van der Waals surface area contributed by atoms with E-state index >= 15 is 0 Å². The minimum Gasteiger partial charge on any atom is -0.481 e. The van der Waals surface area contributed by atoms with Crippen molar-refractivity contribution in [1.29, 1.82) is 0 Å². The Kier molecular flexibility index (Phi) is 5.87. The number of hydrogen-bond acceptors (Lipinski definition) is 4. The van der Waals surface area contributed by atoms with Crippen molar-refractivity contribution >= 4 is 18.2 Å². The fourth-order valence-electron chi connectivity index (χ4n) is 11.6. The summed E-state index contributed by atoms with van der Waals surface area (Å²) < 4.78 is 5.59. The highest BCUT2D eigenvalue weighted by Crippen LogP contribution is 2.76. The van der Waals surface area contributed by atoms with E-state index in [4.69, 9.17) is 4.74 Å². The molecule has 36 heavy (non-hydrogen) atoms. The van der Waals surface area contributed by atoms with Crippen molar-refractivity contribution in [3.05, 3.63) is 0 Å². The number of ketones is 1. The zero-order chi connectivity index (χ0) is 26.5. The number of aliphatic carboxylic acids is 1. The Hall–Kier alpha value is -1.39. The van der Waals surface area contributed by atoms with Gasteiger partial charge < -0.3 is 9.84 Å². The smallest absolute Gasteiger partial charge is 0.309 e. The Morgan fingerprint density at radius 2 is 1.61 bits per heavy atom. The summed E-state index contributed by atoms with van der Waals surface area (Å²) in [6, 6.07) is 0. The molecule has 0 radical (unpaired) electrons. The Morgan fingerprint density at radius 1 is 0.917 bits per heavy atom. The van der Waals surface area contributed by atoms with Gasteiger partial charge in [0.05, 0.1) is 5.41 Å². The monoisotopic (exact) mass is 500 g/mol. The van der Waals surface area contributed by atoms with Crippen LogP contribution in [0, 0.1) is 62.6 Å². The predicted molar refractivity (Wildman–Crippen MR) is 138 cm³/mol. The SMILES string of the molecule is C[C@@H]1[C@H]2[C@@H]3C(=O)C[C@@H]4[C@@]5(C)CC[C@H](OC=O)C(C)(C)[C@@H]5CC[C@@]4(C)[C@]3(C)CC[C@@]2(C(=O)O)CC[C@H]1C. The van der Waals surface area contributed by atoms with Crippen LogP contribution in [0.1, 0.15) is 106 Å². The molecule has 0 spiro atoms. The van der Waals surface area contributed by atoms with Crippen molar-refractivity contribution in [1.82, 2.24) is 0 Å². The minimum atomic E-state index is -0.748. The number of Topliss-reactive ketones (excluding diaryl/α,β-unsaturated/α-hetero) is 1. The van der Waals surface area contributed by atoms with Crippen LogP contribution in [0.2, 0.25) is 0 Å². The zero-order valence-corrected chi connectivity index (χ0v) is 23.6. The summed E-state index contributed by atoms with van der Waals surface area (Å²) in [6.07, 6.45) is 7.66. The number of hydrogen-bond donors (Lipinski definition) is 1. The first kappa shape index (κ1) is 26.2. The molecule has 0 bridgehead atoms. The maximum Gasteiger partial charge on any atom is 0.309 e. The molecule has 0 amide bonds. The van der Waals surface area contributed by atoms with Gasteiger partial charge in [-0.15, -0.1) is 0 Å². The van der Waals surface area contributed by atoms with Gasteiger partial charge in [0.15, 0.2) is 0 Å². The average Bonchev–Trinajstić information content (AvgIpc) is 2.80. The van der Waals surface area contributed by atoms with E-state index in [0.717, 1.165) is 38.5 Å². The fraction of sp³-hybridized carbons (Fsp3) is 0.903. The average molecular weight is 501 g/mol. The van der Waals surface area contributed by atoms with E-state index in [1.165, 1.54) is 0 Å². The molecular formula is C31H48O5. The van der Waals surface area contributed by atoms with Crippen LogP contribution in [0.4, 0.5) is 0 Å². The molecule has 0 saturated heterocycles. The molecule has 5 aliphatic carbocycles. The van der Waals surface area contributed by atoms with E-state index in [-0.39, 0.29) is 51.4 Å². The van der Waals surface area contributed by atoms with Crippen molar-refractivity contribution in [3.8, 4) is 0 Å². The van der Waals surface area contributed by atoms with E-state index in [9.17, 15) is 19.5 Å². The number of ether oxygens (including phenoxy) is 1. The summed E-state index contributed by atoms with van der Waals surface area (Å²) in [5.74, 6) is 0.801. The highest BCUT2D eigenvalue weighted by atomic mass is 16.5. The van der Waals surface area contributed by atoms with Gasteiger partial charge in [-0.1, -0.05) is 48.5 Å². The predicted octanol–water partition coefficient (Wildman–Crippen LogP) is 6.53. The molecular weight excluding hydrogens is 452 g/mol. The number of carbonyl (C=O) groups excluding carboxylic acids is 2. The van der Waals surface area contributed by atoms with Gasteiger partial charge in [-0.2, -0.15) is 0 Å². The third-order valence-electron chi connectivity index (χ3n) is 14.0. The third kappa shape index (κ3) is 3.04. The molecule has 0 aliphatic heterocycles. The first-order chi connectivity index (χ1) is 16.7. The molecule has 11 atom stereocenters. The van der Waals surface area contributed by atoms with Crippen LogP contribution in [0.5, 0.6) is 0 Å². The van der Waals surface area contributed by atoms with E-state index in [1.54, 1.807) is 0 Å². The Bertz CT molecular complexity index is 957. The van der Waals surface area contributed by atoms with Gasteiger partial charge in [-0.3, -0.25) is 14.4 Å². The molecule has 0 heterocycles. The molecule has 5 nitrogen and oxygen atoms in total. The van der Waals surface area contributed by atoms with Gasteiger partial charge in [0.1, 0.15) is 11.9 Å². The van der Waals surface area contributed by atoms with Crippen LogP contribution in [-0.4, -0.2) is 29.4 Å². The van der Waals surface area contributed by atoms with Gasteiger partial charge >= 0.3 is 5.97 Å². The molecule has 0 aromatic rings. The maximum atomic E-state index is 14.4. The summed E-state index contributed by atoms with van der Waals surface area (Å²) in [6.45, 7) is 16.9. The number of carbonyl (C=O) groups is 3. The number of carboxylic acid groups (broad SMARTS) is 1. The minimum absolute atomic E-state index is 0.00364. The van der Waals surface area contributed by atoms with Crippen molar-refractivity contribution in [2.24, 2.45) is 62.6 Å². The molecule has 5 fully saturated rings. The van der Waals surface area contributed by atoms with Crippen molar-refractivity contribution in [3.63, 3.8) is 0 Å². The number of fused-ring (bicyclic) bond motifs is 7. The lowest BCUT2D eigenvalue weighted by Gasteiger charge is -2.73. The third-order valence-corrected chi connectivity index (χ3v) is 14.0. The Labute approximate surface area is 217 Å². The Morgan fingerprint density at radius 3 is 2.25 bits per heavy atom. The quantitative estimate of drug-likeness (QED) is 0.446. The van der Waals surface area contributed by atoms with E-state index in [2.05, 4.69) is 48.5 Å². The molecule has 0 unspecified atom stereocenters. The molecule has 0 aromatic heterocycles. The topological polar surface area (TPSA) is 80.7 Å². The molecule has 5 rings (SSSR count). The van der Waals surface area contributed by atoms with Gasteiger partial charge in [-0.05, 0) is 97.2 Å². The Balaban J connectivity index is 1.58. The second kappa shape index (κ2) is 8.06. The van der Waals surface area contributed by atoms with E-state index < -0.39 is 11.4 Å². The lowest BCUT2D eigenvalue weighted by Crippen LogP contribution is -2.70. The van der Waals surface area contributed by atoms with Crippen LogP contribution in [-0.2, 0) is 19.1 Å². The first-order valence-corrected chi connectivity index (χ1v) is 14.6. The summed E-state index contributed by atoms with van der Waals surface area (Å²) >= 11 is 0. The van der Waals surface area contributed by atoms with E-state index in [0.29, 0.717) is 43.4 Å². The molecule has 1 N–H and O–H groups in total.